The Labute approximate surface area is 154 Å². The summed E-state index contributed by atoms with van der Waals surface area (Å²) < 4.78 is 1.38. The van der Waals surface area contributed by atoms with Gasteiger partial charge in [-0.2, -0.15) is 0 Å². The molecule has 2 heteroatoms. The van der Waals surface area contributed by atoms with Crippen molar-refractivity contribution in [3.8, 4) is 0 Å². The SMILES string of the molecule is CN1CCC[C@H]1CC[N+]1(CC2CCCCC2)CCc2ccccc2C1. The van der Waals surface area contributed by atoms with E-state index in [2.05, 4.69) is 36.2 Å². The normalized spacial score (nSPS) is 31.2. The number of rotatable bonds is 5. The van der Waals surface area contributed by atoms with E-state index in [1.54, 1.807) is 11.1 Å². The third kappa shape index (κ3) is 4.11. The van der Waals surface area contributed by atoms with Gasteiger partial charge in [0.15, 0.2) is 0 Å². The van der Waals surface area contributed by atoms with E-state index in [9.17, 15) is 0 Å². The van der Waals surface area contributed by atoms with E-state index in [4.69, 9.17) is 0 Å². The molecule has 2 atom stereocenters. The van der Waals surface area contributed by atoms with Gasteiger partial charge in [0, 0.05) is 30.4 Å². The van der Waals surface area contributed by atoms with Gasteiger partial charge in [-0.1, -0.05) is 43.5 Å². The average molecular weight is 342 g/mol. The molecule has 0 N–H and O–H groups in total. The molecule has 2 nitrogen and oxygen atoms in total. The van der Waals surface area contributed by atoms with Crippen LogP contribution in [-0.2, 0) is 13.0 Å². The molecule has 4 rings (SSSR count). The zero-order valence-electron chi connectivity index (χ0n) is 16.3. The molecule has 1 unspecified atom stereocenters. The van der Waals surface area contributed by atoms with Crippen LogP contribution < -0.4 is 0 Å². The standard InChI is InChI=1S/C23H37N2/c1-24-15-7-12-23(24)14-17-25(18-20-8-3-2-4-9-20)16-13-21-10-5-6-11-22(21)19-25/h5-6,10-11,20,23H,2-4,7-9,12-19H2,1H3/q+1/t23-,25?/m0/s1. The number of fused-ring (bicyclic) bond motifs is 1. The zero-order chi connectivity index (χ0) is 17.1. The second-order valence-electron chi connectivity index (χ2n) is 9.22. The van der Waals surface area contributed by atoms with Gasteiger partial charge in [0.2, 0.25) is 0 Å². The summed E-state index contributed by atoms with van der Waals surface area (Å²) in [5.74, 6) is 0.986. The molecule has 0 amide bonds. The Morgan fingerprint density at radius 2 is 1.80 bits per heavy atom. The summed E-state index contributed by atoms with van der Waals surface area (Å²) >= 11 is 0. The monoisotopic (exact) mass is 341 g/mol. The summed E-state index contributed by atoms with van der Waals surface area (Å²) in [6, 6.07) is 10.1. The molecule has 2 aliphatic heterocycles. The molecular formula is C23H37N2+. The van der Waals surface area contributed by atoms with E-state index in [0.717, 1.165) is 12.0 Å². The van der Waals surface area contributed by atoms with Crippen LogP contribution in [0.2, 0.25) is 0 Å². The van der Waals surface area contributed by atoms with Crippen molar-refractivity contribution in [2.75, 3.05) is 33.2 Å². The quantitative estimate of drug-likeness (QED) is 0.706. The van der Waals surface area contributed by atoms with Crippen LogP contribution in [-0.4, -0.2) is 48.7 Å². The summed E-state index contributed by atoms with van der Waals surface area (Å²) in [7, 11) is 2.34. The Morgan fingerprint density at radius 3 is 2.56 bits per heavy atom. The van der Waals surface area contributed by atoms with E-state index in [-0.39, 0.29) is 0 Å². The van der Waals surface area contributed by atoms with Gasteiger partial charge < -0.3 is 9.38 Å². The van der Waals surface area contributed by atoms with Crippen LogP contribution in [0.1, 0.15) is 62.5 Å². The molecular weight excluding hydrogens is 304 g/mol. The Morgan fingerprint density at radius 1 is 1.00 bits per heavy atom. The van der Waals surface area contributed by atoms with Crippen molar-refractivity contribution in [1.82, 2.24) is 4.90 Å². The van der Waals surface area contributed by atoms with Gasteiger partial charge >= 0.3 is 0 Å². The number of hydrogen-bond donors (Lipinski definition) is 0. The number of hydrogen-bond acceptors (Lipinski definition) is 1. The first-order chi connectivity index (χ1) is 12.2. The van der Waals surface area contributed by atoms with Gasteiger partial charge in [0.1, 0.15) is 6.54 Å². The van der Waals surface area contributed by atoms with Crippen LogP contribution in [0.3, 0.4) is 0 Å². The fourth-order valence-corrected chi connectivity index (χ4v) is 5.88. The molecule has 138 valence electrons. The second kappa shape index (κ2) is 7.80. The minimum atomic E-state index is 0.846. The van der Waals surface area contributed by atoms with Crippen molar-refractivity contribution < 1.29 is 4.48 Å². The summed E-state index contributed by atoms with van der Waals surface area (Å²) in [5.41, 5.74) is 3.27. The van der Waals surface area contributed by atoms with Gasteiger partial charge in [-0.05, 0) is 44.8 Å². The molecule has 1 aliphatic carbocycles. The van der Waals surface area contributed by atoms with Crippen molar-refractivity contribution in [3.63, 3.8) is 0 Å². The number of nitrogens with zero attached hydrogens (tertiary/aromatic N) is 2. The van der Waals surface area contributed by atoms with Gasteiger partial charge in [-0.15, -0.1) is 0 Å². The molecule has 25 heavy (non-hydrogen) atoms. The highest BCUT2D eigenvalue weighted by Crippen LogP contribution is 2.33. The molecule has 1 aromatic rings. The van der Waals surface area contributed by atoms with Crippen LogP contribution >= 0.6 is 0 Å². The Bertz CT molecular complexity index is 563. The Hall–Kier alpha value is -0.860. The molecule has 2 heterocycles. The van der Waals surface area contributed by atoms with E-state index >= 15 is 0 Å². The second-order valence-corrected chi connectivity index (χ2v) is 9.22. The summed E-state index contributed by atoms with van der Waals surface area (Å²) in [6.45, 7) is 6.84. The smallest absolute Gasteiger partial charge is 0.105 e. The maximum Gasteiger partial charge on any atom is 0.105 e. The topological polar surface area (TPSA) is 3.24 Å². The predicted molar refractivity (Wildman–Crippen MR) is 106 cm³/mol. The average Bonchev–Trinajstić information content (AvgIpc) is 3.06. The minimum Gasteiger partial charge on any atom is -0.319 e. The molecule has 0 radical (unpaired) electrons. The highest BCUT2D eigenvalue weighted by Gasteiger charge is 2.36. The number of likely N-dealkylation sites (tertiary alicyclic amines) is 1. The van der Waals surface area contributed by atoms with Gasteiger partial charge in [-0.25, -0.2) is 0 Å². The van der Waals surface area contributed by atoms with Gasteiger partial charge in [0.25, 0.3) is 0 Å². The van der Waals surface area contributed by atoms with Crippen molar-refractivity contribution in [3.05, 3.63) is 35.4 Å². The summed E-state index contributed by atoms with van der Waals surface area (Å²) in [6.07, 6.45) is 13.0. The predicted octanol–water partition coefficient (Wildman–Crippen LogP) is 4.62. The van der Waals surface area contributed by atoms with Crippen LogP contribution in [0.15, 0.2) is 24.3 Å². The zero-order valence-corrected chi connectivity index (χ0v) is 16.3. The third-order valence-corrected chi connectivity index (χ3v) is 7.46. The minimum absolute atomic E-state index is 0.846. The van der Waals surface area contributed by atoms with Crippen LogP contribution in [0.5, 0.6) is 0 Å². The highest BCUT2D eigenvalue weighted by atomic mass is 15.4. The lowest BCUT2D eigenvalue weighted by Gasteiger charge is -2.45. The first-order valence-corrected chi connectivity index (χ1v) is 10.9. The largest absolute Gasteiger partial charge is 0.319 e. The third-order valence-electron chi connectivity index (χ3n) is 7.46. The highest BCUT2D eigenvalue weighted by molar-refractivity contribution is 5.27. The molecule has 1 saturated heterocycles. The lowest BCUT2D eigenvalue weighted by Crippen LogP contribution is -2.55. The fraction of sp³-hybridized carbons (Fsp3) is 0.739. The van der Waals surface area contributed by atoms with E-state index < -0.39 is 0 Å². The maximum atomic E-state index is 2.62. The number of benzene rings is 1. The van der Waals surface area contributed by atoms with Crippen LogP contribution in [0.4, 0.5) is 0 Å². The first-order valence-electron chi connectivity index (χ1n) is 10.9. The van der Waals surface area contributed by atoms with E-state index in [1.165, 1.54) is 95.0 Å². The summed E-state index contributed by atoms with van der Waals surface area (Å²) in [5, 5.41) is 0. The van der Waals surface area contributed by atoms with Crippen molar-refractivity contribution in [1.29, 1.82) is 0 Å². The van der Waals surface area contributed by atoms with Crippen LogP contribution in [0, 0.1) is 5.92 Å². The first kappa shape index (κ1) is 17.5. The molecule has 1 aromatic carbocycles. The lowest BCUT2D eigenvalue weighted by molar-refractivity contribution is -0.946. The fourth-order valence-electron chi connectivity index (χ4n) is 5.88. The Kier molecular flexibility index (Phi) is 5.47. The molecule has 0 aromatic heterocycles. The van der Waals surface area contributed by atoms with E-state index in [1.807, 2.05) is 0 Å². The molecule has 1 saturated carbocycles. The van der Waals surface area contributed by atoms with Gasteiger partial charge in [0.05, 0.1) is 19.6 Å². The van der Waals surface area contributed by atoms with Gasteiger partial charge in [-0.3, -0.25) is 0 Å². The lowest BCUT2D eigenvalue weighted by atomic mass is 9.86. The molecule has 0 spiro atoms. The van der Waals surface area contributed by atoms with Crippen molar-refractivity contribution in [2.45, 2.75) is 70.4 Å². The van der Waals surface area contributed by atoms with E-state index in [0.29, 0.717) is 0 Å². The van der Waals surface area contributed by atoms with Crippen LogP contribution in [0.25, 0.3) is 0 Å². The molecule has 2 fully saturated rings. The number of quaternary nitrogens is 1. The maximum absolute atomic E-state index is 2.62. The summed E-state index contributed by atoms with van der Waals surface area (Å²) in [4.78, 5) is 2.62. The van der Waals surface area contributed by atoms with Crippen molar-refractivity contribution >= 4 is 0 Å². The van der Waals surface area contributed by atoms with Crippen molar-refractivity contribution in [2.24, 2.45) is 5.92 Å². The Balaban J connectivity index is 1.48. The molecule has 0 bridgehead atoms. The molecule has 3 aliphatic rings.